The van der Waals surface area contributed by atoms with Crippen LogP contribution >= 0.6 is 0 Å². The number of nitrogens with one attached hydrogen (secondary N) is 2. The highest BCUT2D eigenvalue weighted by molar-refractivity contribution is 7.89. The van der Waals surface area contributed by atoms with Gasteiger partial charge in [0.25, 0.3) is 5.91 Å². The Morgan fingerprint density at radius 1 is 1.07 bits per heavy atom. The molecule has 0 fully saturated rings. The fourth-order valence-electron chi connectivity index (χ4n) is 2.87. The first-order valence-electron chi connectivity index (χ1n) is 9.08. The lowest BCUT2D eigenvalue weighted by Crippen LogP contribution is -2.33. The minimum Gasteiger partial charge on any atom is -0.455 e. The van der Waals surface area contributed by atoms with Gasteiger partial charge in [0.05, 0.1) is 16.5 Å². The summed E-state index contributed by atoms with van der Waals surface area (Å²) in [6, 6.07) is 10.1. The summed E-state index contributed by atoms with van der Waals surface area (Å²) >= 11 is 0. The van der Waals surface area contributed by atoms with Crippen LogP contribution in [0, 0.1) is 39.0 Å². The summed E-state index contributed by atoms with van der Waals surface area (Å²) in [5, 5.41) is 11.3. The number of esters is 1. The molecule has 0 saturated carbocycles. The third-order valence-electron chi connectivity index (χ3n) is 4.61. The highest BCUT2D eigenvalue weighted by Crippen LogP contribution is 2.25. The Hall–Kier alpha value is -3.22. The predicted molar refractivity (Wildman–Crippen MR) is 111 cm³/mol. The summed E-state index contributed by atoms with van der Waals surface area (Å²) in [7, 11) is -3.94. The molecule has 0 unspecified atom stereocenters. The van der Waals surface area contributed by atoms with Crippen LogP contribution in [0.15, 0.2) is 35.2 Å². The second-order valence-electron chi connectivity index (χ2n) is 6.82. The molecule has 8 nitrogen and oxygen atoms in total. The first-order chi connectivity index (χ1) is 14.0. The van der Waals surface area contributed by atoms with Crippen molar-refractivity contribution in [2.75, 3.05) is 18.5 Å². The molecule has 0 saturated heterocycles. The van der Waals surface area contributed by atoms with Crippen molar-refractivity contribution < 1.29 is 22.7 Å². The summed E-state index contributed by atoms with van der Waals surface area (Å²) in [6.07, 6.45) is 0. The van der Waals surface area contributed by atoms with E-state index in [0.29, 0.717) is 22.4 Å². The first kappa shape index (κ1) is 23.1. The van der Waals surface area contributed by atoms with Crippen molar-refractivity contribution in [1.82, 2.24) is 4.72 Å². The van der Waals surface area contributed by atoms with Gasteiger partial charge in [-0.05, 0) is 68.1 Å². The minimum absolute atomic E-state index is 0.142. The summed E-state index contributed by atoms with van der Waals surface area (Å²) in [5.74, 6) is -1.50. The molecule has 158 valence electrons. The number of hydrogen-bond acceptors (Lipinski definition) is 6. The van der Waals surface area contributed by atoms with E-state index in [-0.39, 0.29) is 4.90 Å². The predicted octanol–water partition coefficient (Wildman–Crippen LogP) is 2.25. The number of nitrogens with zero attached hydrogens (tertiary/aromatic N) is 1. The van der Waals surface area contributed by atoms with Gasteiger partial charge in [0, 0.05) is 5.69 Å². The van der Waals surface area contributed by atoms with E-state index in [9.17, 15) is 18.0 Å². The molecule has 0 aliphatic rings. The van der Waals surface area contributed by atoms with Crippen LogP contribution in [0.25, 0.3) is 0 Å². The monoisotopic (exact) mass is 429 g/mol. The van der Waals surface area contributed by atoms with Crippen molar-refractivity contribution in [3.63, 3.8) is 0 Å². The number of ether oxygens (including phenoxy) is 1. The maximum absolute atomic E-state index is 12.7. The molecule has 9 heteroatoms. The average molecular weight is 429 g/mol. The normalized spacial score (nSPS) is 10.9. The van der Waals surface area contributed by atoms with E-state index >= 15 is 0 Å². The van der Waals surface area contributed by atoms with E-state index in [1.54, 1.807) is 32.0 Å². The number of benzene rings is 2. The van der Waals surface area contributed by atoms with Crippen molar-refractivity contribution in [3.05, 3.63) is 58.1 Å². The molecule has 0 aromatic heterocycles. The average Bonchev–Trinajstić information content (AvgIpc) is 2.69. The maximum atomic E-state index is 12.7. The van der Waals surface area contributed by atoms with E-state index < -0.39 is 35.1 Å². The Balaban J connectivity index is 1.94. The lowest BCUT2D eigenvalue weighted by molar-refractivity contribution is -0.146. The van der Waals surface area contributed by atoms with Gasteiger partial charge in [-0.2, -0.15) is 9.98 Å². The number of hydrogen-bond donors (Lipinski definition) is 2. The van der Waals surface area contributed by atoms with Crippen LogP contribution in [-0.4, -0.2) is 33.4 Å². The van der Waals surface area contributed by atoms with E-state index in [2.05, 4.69) is 10.0 Å². The number of amides is 1. The van der Waals surface area contributed by atoms with Gasteiger partial charge in [-0.3, -0.25) is 9.59 Å². The van der Waals surface area contributed by atoms with Gasteiger partial charge in [-0.25, -0.2) is 8.42 Å². The molecule has 0 aliphatic carbocycles. The second kappa shape index (κ2) is 9.52. The fraction of sp³-hybridized carbons (Fsp3) is 0.286. The number of anilines is 1. The molecule has 2 rings (SSSR count). The zero-order valence-electron chi connectivity index (χ0n) is 17.2. The highest BCUT2D eigenvalue weighted by atomic mass is 32.2. The highest BCUT2D eigenvalue weighted by Gasteiger charge is 2.23. The Bertz CT molecular complexity index is 1110. The van der Waals surface area contributed by atoms with Crippen molar-refractivity contribution in [2.24, 2.45) is 0 Å². The molecule has 0 radical (unpaired) electrons. The third-order valence-corrected chi connectivity index (χ3v) is 6.29. The SMILES string of the molecule is Cc1cc(C)c(C)c(S(=O)(=O)NCC(=O)OCC(=O)Nc2cccc(C#N)c2)c1C. The molecular weight excluding hydrogens is 406 g/mol. The van der Waals surface area contributed by atoms with Gasteiger partial charge in [0.2, 0.25) is 10.0 Å². The number of aryl methyl sites for hydroxylation is 2. The number of rotatable bonds is 7. The molecule has 1 amide bonds. The van der Waals surface area contributed by atoms with Crippen molar-refractivity contribution >= 4 is 27.6 Å². The Morgan fingerprint density at radius 3 is 2.30 bits per heavy atom. The molecule has 2 aromatic carbocycles. The van der Waals surface area contributed by atoms with Crippen molar-refractivity contribution in [2.45, 2.75) is 32.6 Å². The lowest BCUT2D eigenvalue weighted by atomic mass is 10.0. The number of carbonyl (C=O) groups is 2. The van der Waals surface area contributed by atoms with Crippen LogP contribution in [-0.2, 0) is 24.3 Å². The molecule has 2 N–H and O–H groups in total. The van der Waals surface area contributed by atoms with Crippen LogP contribution < -0.4 is 10.0 Å². The van der Waals surface area contributed by atoms with Gasteiger partial charge in [0.1, 0.15) is 6.54 Å². The van der Waals surface area contributed by atoms with E-state index in [1.165, 1.54) is 6.07 Å². The van der Waals surface area contributed by atoms with Gasteiger partial charge in [0.15, 0.2) is 6.61 Å². The zero-order chi connectivity index (χ0) is 22.5. The van der Waals surface area contributed by atoms with Crippen LogP contribution in [0.4, 0.5) is 5.69 Å². The topological polar surface area (TPSA) is 125 Å². The first-order valence-corrected chi connectivity index (χ1v) is 10.6. The van der Waals surface area contributed by atoms with Crippen LogP contribution in [0.3, 0.4) is 0 Å². The molecule has 0 spiro atoms. The third kappa shape index (κ3) is 5.65. The van der Waals surface area contributed by atoms with E-state index in [1.807, 2.05) is 26.0 Å². The Morgan fingerprint density at radius 2 is 1.70 bits per heavy atom. The van der Waals surface area contributed by atoms with Gasteiger partial charge in [-0.15, -0.1) is 0 Å². The van der Waals surface area contributed by atoms with E-state index in [0.717, 1.165) is 11.1 Å². The summed E-state index contributed by atoms with van der Waals surface area (Å²) in [4.78, 5) is 23.9. The smallest absolute Gasteiger partial charge is 0.321 e. The molecule has 30 heavy (non-hydrogen) atoms. The fourth-order valence-corrected chi connectivity index (χ4v) is 4.45. The lowest BCUT2D eigenvalue weighted by Gasteiger charge is -2.16. The minimum atomic E-state index is -3.94. The Labute approximate surface area is 175 Å². The number of sulfonamides is 1. The molecule has 0 heterocycles. The maximum Gasteiger partial charge on any atom is 0.321 e. The zero-order valence-corrected chi connectivity index (χ0v) is 18.0. The second-order valence-corrected chi connectivity index (χ2v) is 8.52. The molecular formula is C21H23N3O5S. The van der Waals surface area contributed by atoms with Crippen LogP contribution in [0.1, 0.15) is 27.8 Å². The Kier molecular flexibility index (Phi) is 7.32. The molecule has 0 bridgehead atoms. The molecule has 0 atom stereocenters. The summed E-state index contributed by atoms with van der Waals surface area (Å²) in [5.41, 5.74) is 3.64. The standard InChI is InChI=1S/C21H23N3O5S/c1-13-8-14(2)16(4)21(15(13)3)30(27,28)23-11-20(26)29-12-19(25)24-18-7-5-6-17(9-18)10-22/h5-9,23H,11-12H2,1-4H3,(H,24,25). The largest absolute Gasteiger partial charge is 0.455 e. The van der Waals surface area contributed by atoms with E-state index in [4.69, 9.17) is 10.00 Å². The van der Waals surface area contributed by atoms with Crippen molar-refractivity contribution in [3.8, 4) is 6.07 Å². The summed E-state index contributed by atoms with van der Waals surface area (Å²) in [6.45, 7) is 5.87. The van der Waals surface area contributed by atoms with Gasteiger partial charge in [-0.1, -0.05) is 12.1 Å². The quantitative estimate of drug-likeness (QED) is 0.650. The van der Waals surface area contributed by atoms with Gasteiger partial charge >= 0.3 is 5.97 Å². The van der Waals surface area contributed by atoms with Crippen LogP contribution in [0.5, 0.6) is 0 Å². The summed E-state index contributed by atoms with van der Waals surface area (Å²) < 4.78 is 32.5. The molecule has 0 aliphatic heterocycles. The number of nitriles is 1. The van der Waals surface area contributed by atoms with Crippen molar-refractivity contribution in [1.29, 1.82) is 5.26 Å². The molecule has 2 aromatic rings. The number of carbonyl (C=O) groups excluding carboxylic acids is 2. The van der Waals surface area contributed by atoms with Gasteiger partial charge < -0.3 is 10.1 Å². The van der Waals surface area contributed by atoms with Crippen LogP contribution in [0.2, 0.25) is 0 Å².